The highest BCUT2D eigenvalue weighted by molar-refractivity contribution is 8.13. The minimum absolute atomic E-state index is 0.00739. The summed E-state index contributed by atoms with van der Waals surface area (Å²) in [4.78, 5) is 78.9. The quantitative estimate of drug-likeness (QED) is 0.0315. The van der Waals surface area contributed by atoms with E-state index in [1.807, 2.05) is 4.18 Å². The summed E-state index contributed by atoms with van der Waals surface area (Å²) in [5, 5.41) is 21.4. The second-order valence-electron chi connectivity index (χ2n) is 28.4. The van der Waals surface area contributed by atoms with E-state index >= 15 is 17.6 Å². The molecular formula is C72H79F9O16S4. The molecule has 0 saturated heterocycles. The summed E-state index contributed by atoms with van der Waals surface area (Å²) in [6.45, 7) is 20.3. The molecule has 0 bridgehead atoms. The van der Waals surface area contributed by atoms with Crippen molar-refractivity contribution in [1.29, 1.82) is 0 Å². The van der Waals surface area contributed by atoms with Crippen molar-refractivity contribution in [3.05, 3.63) is 154 Å². The number of rotatable bonds is 11. The van der Waals surface area contributed by atoms with Gasteiger partial charge in [-0.2, -0.15) is 8.57 Å². The van der Waals surface area contributed by atoms with Crippen LogP contribution in [0.1, 0.15) is 129 Å². The number of furan rings is 2. The van der Waals surface area contributed by atoms with Crippen molar-refractivity contribution in [2.24, 2.45) is 57.2 Å². The number of aryl methyl sites for hydroxylation is 2. The van der Waals surface area contributed by atoms with Crippen molar-refractivity contribution >= 4 is 79.4 Å². The molecule has 2 N–H and O–H groups in total. The maximum Gasteiger partial charge on any atom is 0.536 e. The number of benzene rings is 2. The number of allylic oxidation sites excluding steroid dienone is 8. The molecule has 101 heavy (non-hydrogen) atoms. The van der Waals surface area contributed by atoms with Crippen LogP contribution in [0, 0.1) is 91.8 Å². The smallest absolute Gasteiger partial charge is 0.536 e. The highest BCUT2D eigenvalue weighted by Gasteiger charge is 2.80. The average Bonchev–Trinajstić information content (AvgIpc) is 1.62. The number of aliphatic hydroxyl groups excluding tert-OH is 2. The van der Waals surface area contributed by atoms with Crippen LogP contribution in [0.25, 0.3) is 0 Å². The predicted molar refractivity (Wildman–Crippen MR) is 356 cm³/mol. The van der Waals surface area contributed by atoms with Crippen LogP contribution in [0.2, 0.25) is 0 Å². The molecule has 0 amide bonds. The number of thiol groups is 1. The van der Waals surface area contributed by atoms with E-state index in [0.717, 1.165) is 21.9 Å². The number of carbonyl (C=O) groups is 6. The van der Waals surface area contributed by atoms with Crippen molar-refractivity contribution in [1.82, 2.24) is 0 Å². The first-order chi connectivity index (χ1) is 46.8. The van der Waals surface area contributed by atoms with E-state index in [1.54, 1.807) is 27.7 Å². The highest BCUT2D eigenvalue weighted by atomic mass is 32.3. The first kappa shape index (κ1) is 78.9. The molecule has 8 aliphatic carbocycles. The van der Waals surface area contributed by atoms with Crippen LogP contribution < -0.4 is 0 Å². The predicted octanol–water partition coefficient (Wildman–Crippen LogP) is 14.3. The third-order valence-corrected chi connectivity index (χ3v) is 26.8. The van der Waals surface area contributed by atoms with E-state index in [2.05, 4.69) is 77.6 Å². The number of hydrogen-bond donors (Lipinski definition) is 3. The van der Waals surface area contributed by atoms with Crippen LogP contribution in [0.3, 0.4) is 0 Å². The zero-order valence-electron chi connectivity index (χ0n) is 56.9. The first-order valence-electron chi connectivity index (χ1n) is 32.4. The van der Waals surface area contributed by atoms with E-state index < -0.39 is 172 Å². The lowest BCUT2D eigenvalue weighted by molar-refractivity contribution is -0.275. The van der Waals surface area contributed by atoms with Crippen LogP contribution in [-0.2, 0) is 54.1 Å². The second kappa shape index (κ2) is 28.3. The van der Waals surface area contributed by atoms with Gasteiger partial charge in [0.1, 0.15) is 18.3 Å². The molecule has 16 nitrogen and oxygen atoms in total. The van der Waals surface area contributed by atoms with Crippen molar-refractivity contribution in [3.63, 3.8) is 0 Å². The number of aliphatic hydroxyl groups is 2. The number of alkyl halides is 9. The Balaban J connectivity index is 0.000000172. The Morgan fingerprint density at radius 1 is 0.683 bits per heavy atom. The molecule has 8 aliphatic rings. The molecule has 6 fully saturated rings. The molecule has 550 valence electrons. The summed E-state index contributed by atoms with van der Waals surface area (Å²) >= 11 is 4.47. The summed E-state index contributed by atoms with van der Waals surface area (Å²) in [5.74, 6) is -7.54. The van der Waals surface area contributed by atoms with Gasteiger partial charge in [0.05, 0.1) is 35.6 Å². The third kappa shape index (κ3) is 13.2. The number of ether oxygens (including phenoxy) is 2. The van der Waals surface area contributed by atoms with Crippen molar-refractivity contribution < 1.29 is 114 Å². The Hall–Kier alpha value is -6.21. The molecule has 2 aromatic heterocycles. The molecule has 0 radical (unpaired) electrons. The molecule has 12 rings (SSSR count). The summed E-state index contributed by atoms with van der Waals surface area (Å²) in [5.41, 5.74) is -7.69. The van der Waals surface area contributed by atoms with Gasteiger partial charge in [0.15, 0.2) is 43.9 Å². The van der Waals surface area contributed by atoms with E-state index in [9.17, 15) is 60.9 Å². The van der Waals surface area contributed by atoms with E-state index in [1.165, 1.54) is 103 Å². The van der Waals surface area contributed by atoms with Gasteiger partial charge in [-0.05, 0) is 205 Å². The number of carbonyl (C=O) groups excluding carboxylic acids is 6. The Kier molecular flexibility index (Phi) is 22.1. The summed E-state index contributed by atoms with van der Waals surface area (Å²) in [6.07, 6.45) is -2.68. The van der Waals surface area contributed by atoms with E-state index in [4.69, 9.17) is 31.3 Å². The largest absolute Gasteiger partial charge is 0.725 e. The molecule has 2 aromatic carbocycles. The lowest BCUT2D eigenvalue weighted by Crippen LogP contribution is -2.70. The van der Waals surface area contributed by atoms with Gasteiger partial charge in [-0.3, -0.25) is 19.2 Å². The molecular weight excluding hydrogens is 1420 g/mol. The monoisotopic (exact) mass is 1500 g/mol. The summed E-state index contributed by atoms with van der Waals surface area (Å²) in [7, 11) is -6.13. The molecule has 19 atom stereocenters. The molecule has 0 spiro atoms. The standard InChI is InChI=1S/C27H29F3O6S.C26H28F2O6S.C18H22FS.CHF3O4S/c1-14-9-16-17-11-19(29)18-10-15(31)6-7-24(18,2)26(17,30)21(32)12-25(16,3)27(14,23(34)37-13-28)36-22(33)20-5-4-8-35-20;1-13-9-15-16-11-18(27)17-10-14(29)6-7-23(17,2)25(16,28)20(30)12-24(15,3)26(13,22(32)35)34-21(31)19-5-4-8-33-19;1-12-6-8-17(9-7-12)20(11-19)18-10-13(2)14(3)15(4)16(18)5;2-1(3,4)8-9(5,6)7/h4-8,10,14,16-17,19,21,32H,9,11-13H2,1-3H3;4-8,10,13,15-16,18,20,30H,9,11-12H2,1-3H3,(H,32,35);6-10H,11H2,1-5H3;(H,5,6,7)/q;;+1;/p-1/t14-,16?,17?,19-,21+,24+,25+,26-,27+;13-,15?,16?,18-,20+,23+,24+,25-,26+;;/m11../s1. The van der Waals surface area contributed by atoms with Gasteiger partial charge in [0.25, 0.3) is 6.01 Å². The van der Waals surface area contributed by atoms with Gasteiger partial charge < -0.3 is 33.1 Å². The van der Waals surface area contributed by atoms with Gasteiger partial charge in [-0.15, -0.1) is 25.8 Å². The minimum Gasteiger partial charge on any atom is -0.725 e. The van der Waals surface area contributed by atoms with Crippen molar-refractivity contribution in [2.75, 3.05) is 12.0 Å². The second-order valence-corrected chi connectivity index (χ2v) is 32.5. The Labute approximate surface area is 591 Å². The maximum absolute atomic E-state index is 17.4. The van der Waals surface area contributed by atoms with Gasteiger partial charge in [-0.1, -0.05) is 57.5 Å². The van der Waals surface area contributed by atoms with Crippen molar-refractivity contribution in [2.45, 2.75) is 178 Å². The average molecular weight is 1500 g/mol. The number of esters is 2. The topological polar surface area (TPSA) is 254 Å². The summed E-state index contributed by atoms with van der Waals surface area (Å²) in [6, 6.07) is 14.8. The normalized spacial score (nSPS) is 36.0. The molecule has 5 unspecified atom stereocenters. The first-order valence-corrected chi connectivity index (χ1v) is 36.6. The Morgan fingerprint density at radius 2 is 1.12 bits per heavy atom. The van der Waals surface area contributed by atoms with Crippen LogP contribution in [0.5, 0.6) is 0 Å². The number of ketones is 2. The number of hydrogen-bond acceptors (Lipinski definition) is 17. The zero-order chi connectivity index (χ0) is 75.1. The lowest BCUT2D eigenvalue weighted by atomic mass is 9.44. The fourth-order valence-electron chi connectivity index (χ4n) is 18.3. The maximum atomic E-state index is 17.4. The zero-order valence-corrected chi connectivity index (χ0v) is 60.3. The number of halogens is 9. The van der Waals surface area contributed by atoms with Gasteiger partial charge in [-0.25, -0.2) is 40.0 Å². The van der Waals surface area contributed by atoms with Crippen LogP contribution in [0.4, 0.5) is 39.5 Å². The molecule has 2 heterocycles. The van der Waals surface area contributed by atoms with Gasteiger partial charge in [0.2, 0.25) is 32.2 Å². The SMILES string of the molecule is C[C@@H]1CC2C3C[C@@H](F)C4=CC(=O)C=C[C@]4(C)[C@]3(F)[C@@H](O)C[C@]2(C)[C@@]1(OC(=O)c1ccco1)C(=O)S.C[C@@H]1CC2C3C[C@@H](F)C4=CC(=O)C=C[C@]4(C)[C@]3(F)[C@@H](O)C[C@]2(C)[C@@]1(OC(=O)c1ccco1)C(=O)SCF.Cc1ccc([S+](CF)c2cc(C)c(C)c(C)c2C)cc1.O=S(=O)([O-])OC(F)(F)F. The van der Waals surface area contributed by atoms with E-state index in [0.29, 0.717) is 11.8 Å². The molecule has 4 aromatic rings. The number of thioether (sulfide) groups is 1. The van der Waals surface area contributed by atoms with Crippen molar-refractivity contribution in [3.8, 4) is 0 Å². The Bertz CT molecular complexity index is 4130. The fourth-order valence-corrected chi connectivity index (χ4v) is 21.6. The van der Waals surface area contributed by atoms with Gasteiger partial charge >= 0.3 is 18.3 Å². The molecule has 29 heteroatoms. The fraction of sp³-hybridized carbons (Fsp3) is 0.528. The third-order valence-electron chi connectivity index (χ3n) is 23.4. The highest BCUT2D eigenvalue weighted by Crippen LogP contribution is 2.74. The minimum atomic E-state index is -5.66. The summed E-state index contributed by atoms with van der Waals surface area (Å²) < 4.78 is 177. The van der Waals surface area contributed by atoms with Crippen LogP contribution in [-0.4, -0.2) is 122 Å². The molecule has 6 saturated carbocycles. The lowest BCUT2D eigenvalue weighted by Gasteiger charge is -2.63. The van der Waals surface area contributed by atoms with Gasteiger partial charge in [0, 0.05) is 50.9 Å². The van der Waals surface area contributed by atoms with Crippen LogP contribution >= 0.6 is 24.4 Å². The number of fused-ring (bicyclic) bond motifs is 10. The molecule has 0 aliphatic heterocycles. The van der Waals surface area contributed by atoms with Crippen LogP contribution in [0.15, 0.2) is 133 Å². The van der Waals surface area contributed by atoms with E-state index in [-0.39, 0.29) is 67.2 Å². The Morgan fingerprint density at radius 3 is 1.50 bits per heavy atom.